The molecule has 1 heterocycles. The minimum atomic E-state index is -0.552. The Kier molecular flexibility index (Phi) is 5.44. The Labute approximate surface area is 105 Å². The molecule has 0 saturated carbocycles. The van der Waals surface area contributed by atoms with Gasteiger partial charge in [0.25, 0.3) is 0 Å². The van der Waals surface area contributed by atoms with Crippen molar-refractivity contribution in [1.29, 1.82) is 0 Å². The van der Waals surface area contributed by atoms with Crippen LogP contribution in [0.3, 0.4) is 0 Å². The fourth-order valence-corrected chi connectivity index (χ4v) is 2.21. The summed E-state index contributed by atoms with van der Waals surface area (Å²) >= 11 is 3.42. The number of hydrogen-bond acceptors (Lipinski definition) is 3. The van der Waals surface area contributed by atoms with Crippen LogP contribution < -0.4 is 0 Å². The van der Waals surface area contributed by atoms with Crippen molar-refractivity contribution in [2.45, 2.75) is 32.9 Å². The molecule has 0 aliphatic heterocycles. The number of rotatable bonds is 6. The third kappa shape index (κ3) is 3.06. The maximum atomic E-state index is 10.2. The molecule has 0 amide bonds. The molecule has 1 aromatic rings. The third-order valence-electron chi connectivity index (χ3n) is 2.52. The van der Waals surface area contributed by atoms with Gasteiger partial charge in [0.15, 0.2) is 0 Å². The summed E-state index contributed by atoms with van der Waals surface area (Å²) in [6, 6.07) is 0. The summed E-state index contributed by atoms with van der Waals surface area (Å²) in [4.78, 5) is 0. The Hall–Kier alpha value is -0.390. The molecule has 5 heteroatoms. The molecule has 4 nitrogen and oxygen atoms in total. The second-order valence-electron chi connectivity index (χ2n) is 3.98. The van der Waals surface area contributed by atoms with Crippen LogP contribution in [-0.4, -0.2) is 28.6 Å². The summed E-state index contributed by atoms with van der Waals surface area (Å²) in [7, 11) is 1.64. The molecule has 0 spiro atoms. The zero-order chi connectivity index (χ0) is 12.1. The molecule has 2 atom stereocenters. The minimum Gasteiger partial charge on any atom is -0.386 e. The maximum Gasteiger partial charge on any atom is 0.101 e. The van der Waals surface area contributed by atoms with Gasteiger partial charge >= 0.3 is 0 Å². The van der Waals surface area contributed by atoms with Crippen LogP contribution >= 0.6 is 15.9 Å². The summed E-state index contributed by atoms with van der Waals surface area (Å²) < 4.78 is 7.76. The standard InChI is InChI=1S/C11H19BrN2O2/c1-4-5-14-10(9(12)6-13-14)11(15)8(2)7-16-3/h6,8,11,15H,4-5,7H2,1-3H3. The van der Waals surface area contributed by atoms with Gasteiger partial charge in [0.05, 0.1) is 23.0 Å². The first-order chi connectivity index (χ1) is 7.61. The van der Waals surface area contributed by atoms with Crippen LogP contribution in [-0.2, 0) is 11.3 Å². The van der Waals surface area contributed by atoms with Crippen molar-refractivity contribution in [1.82, 2.24) is 9.78 Å². The van der Waals surface area contributed by atoms with Crippen LogP contribution in [0, 0.1) is 5.92 Å². The molecular weight excluding hydrogens is 272 g/mol. The van der Waals surface area contributed by atoms with Gasteiger partial charge in [-0.25, -0.2) is 0 Å². The van der Waals surface area contributed by atoms with Gasteiger partial charge in [0, 0.05) is 19.6 Å². The molecule has 1 N–H and O–H groups in total. The zero-order valence-electron chi connectivity index (χ0n) is 9.98. The van der Waals surface area contributed by atoms with Crippen molar-refractivity contribution in [3.63, 3.8) is 0 Å². The Morgan fingerprint density at radius 3 is 2.88 bits per heavy atom. The number of aryl methyl sites for hydroxylation is 1. The summed E-state index contributed by atoms with van der Waals surface area (Å²) in [5.74, 6) is 0.0496. The number of methoxy groups -OCH3 is 1. The Morgan fingerprint density at radius 1 is 1.62 bits per heavy atom. The van der Waals surface area contributed by atoms with E-state index in [0.29, 0.717) is 6.61 Å². The lowest BCUT2D eigenvalue weighted by atomic mass is 10.0. The summed E-state index contributed by atoms with van der Waals surface area (Å²) in [5.41, 5.74) is 0.839. The molecule has 0 saturated heterocycles. The topological polar surface area (TPSA) is 47.3 Å². The van der Waals surface area contributed by atoms with Crippen LogP contribution in [0.25, 0.3) is 0 Å². The average Bonchev–Trinajstić information content (AvgIpc) is 2.60. The lowest BCUT2D eigenvalue weighted by Crippen LogP contribution is -2.19. The van der Waals surface area contributed by atoms with E-state index in [-0.39, 0.29) is 5.92 Å². The molecule has 0 aliphatic carbocycles. The highest BCUT2D eigenvalue weighted by Crippen LogP contribution is 2.28. The van der Waals surface area contributed by atoms with Gasteiger partial charge in [-0.1, -0.05) is 13.8 Å². The van der Waals surface area contributed by atoms with Gasteiger partial charge in [-0.2, -0.15) is 5.10 Å². The normalized spacial score (nSPS) is 15.1. The molecule has 1 aromatic heterocycles. The molecule has 1 rings (SSSR count). The smallest absolute Gasteiger partial charge is 0.101 e. The highest BCUT2D eigenvalue weighted by Gasteiger charge is 2.23. The molecular formula is C11H19BrN2O2. The van der Waals surface area contributed by atoms with Crippen LogP contribution in [0.15, 0.2) is 10.7 Å². The Morgan fingerprint density at radius 2 is 2.31 bits per heavy atom. The first-order valence-corrected chi connectivity index (χ1v) is 6.29. The second-order valence-corrected chi connectivity index (χ2v) is 4.83. The summed E-state index contributed by atoms with van der Waals surface area (Å²) in [5, 5.41) is 14.5. The van der Waals surface area contributed by atoms with Crippen molar-refractivity contribution in [2.75, 3.05) is 13.7 Å². The molecule has 16 heavy (non-hydrogen) atoms. The predicted molar refractivity (Wildman–Crippen MR) is 66.2 cm³/mol. The quantitative estimate of drug-likeness (QED) is 0.875. The summed E-state index contributed by atoms with van der Waals surface area (Å²) in [6.45, 7) is 5.40. The number of aromatic nitrogens is 2. The zero-order valence-corrected chi connectivity index (χ0v) is 11.6. The molecule has 0 aliphatic rings. The largest absolute Gasteiger partial charge is 0.386 e. The number of hydrogen-bond donors (Lipinski definition) is 1. The first-order valence-electron chi connectivity index (χ1n) is 5.50. The Balaban J connectivity index is 2.87. The van der Waals surface area contributed by atoms with E-state index in [4.69, 9.17) is 4.74 Å². The summed E-state index contributed by atoms with van der Waals surface area (Å²) in [6.07, 6.45) is 2.17. The average molecular weight is 291 g/mol. The van der Waals surface area contributed by atoms with Gasteiger partial charge in [-0.3, -0.25) is 4.68 Å². The van der Waals surface area contributed by atoms with E-state index in [2.05, 4.69) is 28.0 Å². The van der Waals surface area contributed by atoms with E-state index in [1.807, 2.05) is 11.6 Å². The van der Waals surface area contributed by atoms with Gasteiger partial charge < -0.3 is 9.84 Å². The molecule has 0 radical (unpaired) electrons. The highest BCUT2D eigenvalue weighted by atomic mass is 79.9. The maximum absolute atomic E-state index is 10.2. The van der Waals surface area contributed by atoms with Crippen LogP contribution in [0.4, 0.5) is 0 Å². The minimum absolute atomic E-state index is 0.0496. The van der Waals surface area contributed by atoms with E-state index in [9.17, 15) is 5.11 Å². The SMILES string of the molecule is CCCn1ncc(Br)c1C(O)C(C)COC. The lowest BCUT2D eigenvalue weighted by molar-refractivity contribution is 0.0506. The molecule has 2 unspecified atom stereocenters. The van der Waals surface area contributed by atoms with Crippen molar-refractivity contribution in [3.05, 3.63) is 16.4 Å². The second kappa shape index (κ2) is 6.37. The van der Waals surface area contributed by atoms with E-state index < -0.39 is 6.10 Å². The molecule has 0 bridgehead atoms. The monoisotopic (exact) mass is 290 g/mol. The van der Waals surface area contributed by atoms with Crippen molar-refractivity contribution in [2.24, 2.45) is 5.92 Å². The van der Waals surface area contributed by atoms with E-state index in [1.165, 1.54) is 0 Å². The van der Waals surface area contributed by atoms with Crippen LogP contribution in [0.2, 0.25) is 0 Å². The van der Waals surface area contributed by atoms with Gasteiger partial charge in [-0.05, 0) is 22.4 Å². The van der Waals surface area contributed by atoms with Crippen LogP contribution in [0.5, 0.6) is 0 Å². The number of aliphatic hydroxyl groups is 1. The van der Waals surface area contributed by atoms with Crippen molar-refractivity contribution < 1.29 is 9.84 Å². The van der Waals surface area contributed by atoms with Crippen LogP contribution in [0.1, 0.15) is 32.1 Å². The fourth-order valence-electron chi connectivity index (χ4n) is 1.68. The Bertz CT molecular complexity index is 328. The van der Waals surface area contributed by atoms with Gasteiger partial charge in [-0.15, -0.1) is 0 Å². The number of ether oxygens (including phenoxy) is 1. The van der Waals surface area contributed by atoms with Gasteiger partial charge in [0.1, 0.15) is 6.10 Å². The van der Waals surface area contributed by atoms with Crippen molar-refractivity contribution >= 4 is 15.9 Å². The highest BCUT2D eigenvalue weighted by molar-refractivity contribution is 9.10. The molecule has 0 fully saturated rings. The predicted octanol–water partition coefficient (Wildman–Crippen LogP) is 2.37. The number of nitrogens with zero attached hydrogens (tertiary/aromatic N) is 2. The fraction of sp³-hybridized carbons (Fsp3) is 0.727. The van der Waals surface area contributed by atoms with Crippen molar-refractivity contribution in [3.8, 4) is 0 Å². The number of aliphatic hydroxyl groups excluding tert-OH is 1. The molecule has 0 aromatic carbocycles. The van der Waals surface area contributed by atoms with Gasteiger partial charge in [0.2, 0.25) is 0 Å². The lowest BCUT2D eigenvalue weighted by Gasteiger charge is -2.19. The molecule has 92 valence electrons. The first kappa shape index (κ1) is 13.7. The van der Waals surface area contributed by atoms with E-state index in [1.54, 1.807) is 13.3 Å². The number of halogens is 1. The van der Waals surface area contributed by atoms with E-state index in [0.717, 1.165) is 23.1 Å². The van der Waals surface area contributed by atoms with E-state index >= 15 is 0 Å². The third-order valence-corrected chi connectivity index (χ3v) is 3.13.